The maximum Gasteiger partial charge on any atom is 0.332 e. The van der Waals surface area contributed by atoms with Gasteiger partial charge in [-0.05, 0) is 41.6 Å². The van der Waals surface area contributed by atoms with Crippen LogP contribution >= 0.6 is 0 Å². The molecule has 0 bridgehead atoms. The number of nitrogens with zero attached hydrogens (tertiary/aromatic N) is 1. The number of halogens is 1. The minimum absolute atomic E-state index is 0.0279. The molecule has 0 atom stereocenters. The standard InChI is InChI=1S/C18H28FN3O3S/c1-6-22-9-14(10-22)26(24,25)21-18(23)20-17-15(11(2)3)7-13(19)8-16(17)12(4)5/h7-8,11-12,14H,6,9-10H2,1-5H3,(H2,20,21,23). The highest BCUT2D eigenvalue weighted by atomic mass is 32.2. The molecule has 0 spiro atoms. The van der Waals surface area contributed by atoms with Gasteiger partial charge in [-0.2, -0.15) is 0 Å². The summed E-state index contributed by atoms with van der Waals surface area (Å²) in [5.41, 5.74) is 1.76. The molecule has 1 saturated heterocycles. The van der Waals surface area contributed by atoms with Crippen molar-refractivity contribution in [2.24, 2.45) is 0 Å². The van der Waals surface area contributed by atoms with E-state index in [0.29, 0.717) is 29.9 Å². The number of carbonyl (C=O) groups is 1. The Labute approximate surface area is 155 Å². The summed E-state index contributed by atoms with van der Waals surface area (Å²) in [5.74, 6) is -0.426. The van der Waals surface area contributed by atoms with Crippen LogP contribution in [0, 0.1) is 5.82 Å². The fourth-order valence-corrected chi connectivity index (χ4v) is 4.32. The van der Waals surface area contributed by atoms with Gasteiger partial charge in [-0.3, -0.25) is 0 Å². The van der Waals surface area contributed by atoms with Crippen molar-refractivity contribution < 1.29 is 17.6 Å². The lowest BCUT2D eigenvalue weighted by molar-refractivity contribution is 0.194. The second-order valence-electron chi connectivity index (χ2n) is 7.34. The number of hydrogen-bond acceptors (Lipinski definition) is 4. The van der Waals surface area contributed by atoms with E-state index in [1.165, 1.54) is 12.1 Å². The van der Waals surface area contributed by atoms with E-state index in [2.05, 4.69) is 10.0 Å². The molecule has 8 heteroatoms. The number of carbonyl (C=O) groups excluding carboxylic acids is 1. The number of hydrogen-bond donors (Lipinski definition) is 2. The number of urea groups is 1. The predicted octanol–water partition coefficient (Wildman–Crippen LogP) is 3.23. The summed E-state index contributed by atoms with van der Waals surface area (Å²) in [7, 11) is -3.74. The van der Waals surface area contributed by atoms with Crippen LogP contribution in [-0.2, 0) is 10.0 Å². The zero-order valence-corrected chi connectivity index (χ0v) is 16.8. The van der Waals surface area contributed by atoms with E-state index >= 15 is 0 Å². The van der Waals surface area contributed by atoms with Crippen LogP contribution in [0.1, 0.15) is 57.6 Å². The molecule has 0 radical (unpaired) electrons. The fourth-order valence-electron chi connectivity index (χ4n) is 3.03. The molecular formula is C18H28FN3O3S. The highest BCUT2D eigenvalue weighted by Crippen LogP contribution is 2.33. The van der Waals surface area contributed by atoms with Crippen molar-refractivity contribution in [1.29, 1.82) is 0 Å². The summed E-state index contributed by atoms with van der Waals surface area (Å²) in [5, 5.41) is 2.06. The molecule has 1 aromatic carbocycles. The van der Waals surface area contributed by atoms with Crippen LogP contribution in [0.15, 0.2) is 12.1 Å². The van der Waals surface area contributed by atoms with Crippen molar-refractivity contribution in [3.8, 4) is 0 Å². The average Bonchev–Trinajstić information content (AvgIpc) is 2.46. The van der Waals surface area contributed by atoms with E-state index in [4.69, 9.17) is 0 Å². The van der Waals surface area contributed by atoms with E-state index in [-0.39, 0.29) is 17.7 Å². The van der Waals surface area contributed by atoms with Crippen LogP contribution in [0.5, 0.6) is 0 Å². The molecule has 1 aliphatic rings. The van der Waals surface area contributed by atoms with Gasteiger partial charge in [-0.25, -0.2) is 22.3 Å². The minimum Gasteiger partial charge on any atom is -0.307 e. The molecule has 0 aromatic heterocycles. The predicted molar refractivity (Wildman–Crippen MR) is 102 cm³/mol. The summed E-state index contributed by atoms with van der Waals surface area (Å²) in [6, 6.07) is 1.95. The zero-order chi connectivity index (χ0) is 19.6. The molecule has 2 amide bonds. The maximum absolute atomic E-state index is 13.9. The van der Waals surface area contributed by atoms with Gasteiger partial charge in [-0.15, -0.1) is 0 Å². The normalized spacial score (nSPS) is 16.0. The first-order valence-corrected chi connectivity index (χ1v) is 10.5. The number of nitrogens with one attached hydrogen (secondary N) is 2. The lowest BCUT2D eigenvalue weighted by atomic mass is 9.92. The minimum atomic E-state index is -3.74. The molecule has 1 heterocycles. The molecule has 1 aliphatic heterocycles. The number of benzene rings is 1. The average molecular weight is 386 g/mol. The highest BCUT2D eigenvalue weighted by Gasteiger charge is 2.37. The van der Waals surface area contributed by atoms with Crippen LogP contribution in [0.2, 0.25) is 0 Å². The van der Waals surface area contributed by atoms with Gasteiger partial charge in [0, 0.05) is 18.8 Å². The molecular weight excluding hydrogens is 357 g/mol. The summed E-state index contributed by atoms with van der Waals surface area (Å²) < 4.78 is 40.7. The Morgan fingerprint density at radius 3 is 2.12 bits per heavy atom. The Morgan fingerprint density at radius 2 is 1.69 bits per heavy atom. The third-order valence-corrected chi connectivity index (χ3v) is 6.34. The molecule has 1 fully saturated rings. The monoisotopic (exact) mass is 385 g/mol. The number of likely N-dealkylation sites (tertiary alicyclic amines) is 1. The maximum atomic E-state index is 13.9. The Hall–Kier alpha value is -1.67. The van der Waals surface area contributed by atoms with E-state index < -0.39 is 21.3 Å². The summed E-state index contributed by atoms with van der Waals surface area (Å²) in [6.07, 6.45) is 0. The van der Waals surface area contributed by atoms with Crippen LogP contribution in [0.3, 0.4) is 0 Å². The number of rotatable bonds is 6. The Balaban J connectivity index is 2.21. The second-order valence-corrected chi connectivity index (χ2v) is 9.30. The third-order valence-electron chi connectivity index (χ3n) is 4.69. The van der Waals surface area contributed by atoms with Crippen molar-refractivity contribution in [2.45, 2.75) is 51.7 Å². The van der Waals surface area contributed by atoms with E-state index in [0.717, 1.165) is 6.54 Å². The van der Waals surface area contributed by atoms with Gasteiger partial charge in [0.25, 0.3) is 0 Å². The van der Waals surface area contributed by atoms with Crippen LogP contribution in [-0.4, -0.2) is 44.2 Å². The molecule has 6 nitrogen and oxygen atoms in total. The first-order chi connectivity index (χ1) is 12.0. The number of sulfonamides is 1. The SMILES string of the molecule is CCN1CC(S(=O)(=O)NC(=O)Nc2c(C(C)C)cc(F)cc2C(C)C)C1. The zero-order valence-electron chi connectivity index (χ0n) is 16.0. The molecule has 146 valence electrons. The largest absolute Gasteiger partial charge is 0.332 e. The van der Waals surface area contributed by atoms with Crippen LogP contribution < -0.4 is 10.0 Å². The first-order valence-electron chi connectivity index (χ1n) is 8.93. The number of anilines is 1. The summed E-state index contributed by atoms with van der Waals surface area (Å²) in [6.45, 7) is 11.2. The van der Waals surface area contributed by atoms with Gasteiger partial charge in [0.2, 0.25) is 10.0 Å². The first kappa shape index (κ1) is 20.6. The fraction of sp³-hybridized carbons (Fsp3) is 0.611. The smallest absolute Gasteiger partial charge is 0.307 e. The lowest BCUT2D eigenvalue weighted by Gasteiger charge is -2.37. The van der Waals surface area contributed by atoms with E-state index in [1.54, 1.807) is 0 Å². The molecule has 1 aromatic rings. The van der Waals surface area contributed by atoms with Crippen molar-refractivity contribution in [3.05, 3.63) is 29.1 Å². The Morgan fingerprint density at radius 1 is 1.19 bits per heavy atom. The van der Waals surface area contributed by atoms with Crippen LogP contribution in [0.25, 0.3) is 0 Å². The Bertz CT molecular complexity index is 743. The molecule has 0 aliphatic carbocycles. The Kier molecular flexibility index (Phi) is 6.29. The van der Waals surface area contributed by atoms with Gasteiger partial charge < -0.3 is 10.2 Å². The lowest BCUT2D eigenvalue weighted by Crippen LogP contribution is -2.58. The second kappa shape index (κ2) is 7.92. The summed E-state index contributed by atoms with van der Waals surface area (Å²) >= 11 is 0. The number of amides is 2. The van der Waals surface area contributed by atoms with Gasteiger partial charge in [0.1, 0.15) is 11.1 Å². The van der Waals surface area contributed by atoms with Gasteiger partial charge >= 0.3 is 6.03 Å². The molecule has 26 heavy (non-hydrogen) atoms. The van der Waals surface area contributed by atoms with Crippen molar-refractivity contribution in [3.63, 3.8) is 0 Å². The molecule has 0 saturated carbocycles. The van der Waals surface area contributed by atoms with E-state index in [1.807, 2.05) is 39.5 Å². The van der Waals surface area contributed by atoms with Gasteiger partial charge in [0.15, 0.2) is 0 Å². The molecule has 2 N–H and O–H groups in total. The third kappa shape index (κ3) is 4.54. The van der Waals surface area contributed by atoms with E-state index in [9.17, 15) is 17.6 Å². The topological polar surface area (TPSA) is 78.5 Å². The molecule has 2 rings (SSSR count). The van der Waals surface area contributed by atoms with Crippen molar-refractivity contribution >= 4 is 21.7 Å². The van der Waals surface area contributed by atoms with Crippen LogP contribution in [0.4, 0.5) is 14.9 Å². The quantitative estimate of drug-likeness (QED) is 0.788. The molecule has 0 unspecified atom stereocenters. The van der Waals surface area contributed by atoms with Crippen molar-refractivity contribution in [2.75, 3.05) is 25.0 Å². The van der Waals surface area contributed by atoms with Gasteiger partial charge in [0.05, 0.1) is 0 Å². The van der Waals surface area contributed by atoms with Crippen molar-refractivity contribution in [1.82, 2.24) is 9.62 Å². The highest BCUT2D eigenvalue weighted by molar-refractivity contribution is 7.90. The van der Waals surface area contributed by atoms with Gasteiger partial charge in [-0.1, -0.05) is 34.6 Å². The summed E-state index contributed by atoms with van der Waals surface area (Å²) in [4.78, 5) is 14.3.